The molecule has 1 aromatic rings. The molecule has 110 valence electrons. The van der Waals surface area contributed by atoms with E-state index in [2.05, 4.69) is 21.0 Å². The van der Waals surface area contributed by atoms with Crippen LogP contribution in [0.25, 0.3) is 0 Å². The van der Waals surface area contributed by atoms with E-state index in [1.807, 2.05) is 6.92 Å². The van der Waals surface area contributed by atoms with Crippen LogP contribution < -0.4 is 16.0 Å². The van der Waals surface area contributed by atoms with Crippen molar-refractivity contribution in [2.24, 2.45) is 7.05 Å². The minimum Gasteiger partial charge on any atom is -0.480 e. The molecule has 0 aliphatic heterocycles. The maximum Gasteiger partial charge on any atom is 0.322 e. The molecule has 9 nitrogen and oxygen atoms in total. The number of anilines is 1. The fourth-order valence-corrected chi connectivity index (χ4v) is 1.46. The Kier molecular flexibility index (Phi) is 5.51. The fraction of sp³-hybridized carbons (Fsp3) is 0.455. The first-order chi connectivity index (χ1) is 9.42. The Morgan fingerprint density at radius 3 is 2.60 bits per heavy atom. The maximum absolute atomic E-state index is 11.6. The molecule has 0 fully saturated rings. The van der Waals surface area contributed by atoms with Crippen LogP contribution in [0.4, 0.5) is 10.5 Å². The first-order valence-corrected chi connectivity index (χ1v) is 5.98. The Hall–Kier alpha value is -2.58. The largest absolute Gasteiger partial charge is 0.480 e. The second-order valence-electron chi connectivity index (χ2n) is 3.99. The number of carbonyl (C=O) groups is 3. The molecule has 4 N–H and O–H groups in total. The molecule has 9 heteroatoms. The summed E-state index contributed by atoms with van der Waals surface area (Å²) in [6.07, 6.45) is 2.32. The lowest BCUT2D eigenvalue weighted by Crippen LogP contribution is -2.40. The molecule has 0 unspecified atom stereocenters. The topological polar surface area (TPSA) is 125 Å². The van der Waals surface area contributed by atoms with E-state index in [0.717, 1.165) is 5.69 Å². The number of aliphatic carboxylic acids is 1. The fourth-order valence-electron chi connectivity index (χ4n) is 1.46. The van der Waals surface area contributed by atoms with E-state index >= 15 is 0 Å². The number of urea groups is 1. The number of hydrogen-bond donors (Lipinski definition) is 4. The second kappa shape index (κ2) is 7.12. The molecule has 0 bridgehead atoms. The highest BCUT2D eigenvalue weighted by Gasteiger charge is 2.10. The van der Waals surface area contributed by atoms with Crippen LogP contribution in [0.1, 0.15) is 12.6 Å². The summed E-state index contributed by atoms with van der Waals surface area (Å²) in [5.74, 6) is -1.73. The number of aromatic nitrogens is 2. The third-order valence-corrected chi connectivity index (χ3v) is 2.33. The molecular formula is C11H17N5O4. The number of nitrogens with zero attached hydrogens (tertiary/aromatic N) is 2. The van der Waals surface area contributed by atoms with Gasteiger partial charge in [0.25, 0.3) is 0 Å². The van der Waals surface area contributed by atoms with Crippen molar-refractivity contribution in [3.05, 3.63) is 11.9 Å². The van der Waals surface area contributed by atoms with Crippen molar-refractivity contribution < 1.29 is 19.5 Å². The van der Waals surface area contributed by atoms with E-state index in [-0.39, 0.29) is 6.54 Å². The third-order valence-electron chi connectivity index (χ3n) is 2.33. The Morgan fingerprint density at radius 1 is 1.30 bits per heavy atom. The van der Waals surface area contributed by atoms with Gasteiger partial charge in [0.1, 0.15) is 6.54 Å². The van der Waals surface area contributed by atoms with Gasteiger partial charge >= 0.3 is 12.0 Å². The average Bonchev–Trinajstić information content (AvgIpc) is 2.73. The number of carbonyl (C=O) groups excluding carboxylic acids is 2. The van der Waals surface area contributed by atoms with Gasteiger partial charge in [-0.3, -0.25) is 14.3 Å². The van der Waals surface area contributed by atoms with Gasteiger partial charge in [-0.1, -0.05) is 6.92 Å². The molecule has 1 aromatic heterocycles. The Bertz CT molecular complexity index is 511. The summed E-state index contributed by atoms with van der Waals surface area (Å²) in [7, 11) is 1.74. The smallest absolute Gasteiger partial charge is 0.322 e. The van der Waals surface area contributed by atoms with Gasteiger partial charge < -0.3 is 21.1 Å². The maximum atomic E-state index is 11.6. The highest BCUT2D eigenvalue weighted by Crippen LogP contribution is 2.12. The highest BCUT2D eigenvalue weighted by molar-refractivity contribution is 5.93. The van der Waals surface area contributed by atoms with Crippen molar-refractivity contribution in [2.75, 3.05) is 18.4 Å². The zero-order valence-electron chi connectivity index (χ0n) is 11.3. The van der Waals surface area contributed by atoms with Gasteiger partial charge in [0.2, 0.25) is 5.91 Å². The lowest BCUT2D eigenvalue weighted by Gasteiger charge is -2.07. The summed E-state index contributed by atoms with van der Waals surface area (Å²) in [6.45, 7) is 1.12. The van der Waals surface area contributed by atoms with Gasteiger partial charge in [-0.25, -0.2) is 4.79 Å². The molecule has 20 heavy (non-hydrogen) atoms. The summed E-state index contributed by atoms with van der Waals surface area (Å²) in [5.41, 5.74) is 1.30. The van der Waals surface area contributed by atoms with Gasteiger partial charge in [-0.2, -0.15) is 5.10 Å². The molecule has 0 saturated heterocycles. The van der Waals surface area contributed by atoms with Crippen molar-refractivity contribution in [1.29, 1.82) is 0 Å². The predicted molar refractivity (Wildman–Crippen MR) is 70.3 cm³/mol. The number of nitrogens with one attached hydrogen (secondary N) is 3. The standard InChI is InChI=1S/C11H17N5O4/c1-3-7-8(6-16(2)15-7)14-11(20)13-4-9(17)12-5-10(18)19/h6H,3-5H2,1-2H3,(H,12,17)(H,18,19)(H2,13,14,20). The molecule has 1 heterocycles. The van der Waals surface area contributed by atoms with Crippen LogP contribution in [0.3, 0.4) is 0 Å². The van der Waals surface area contributed by atoms with Gasteiger partial charge in [0.05, 0.1) is 17.9 Å². The molecule has 0 aromatic carbocycles. The van der Waals surface area contributed by atoms with Gasteiger partial charge in [0.15, 0.2) is 0 Å². The van der Waals surface area contributed by atoms with E-state index < -0.39 is 24.5 Å². The van der Waals surface area contributed by atoms with E-state index in [9.17, 15) is 14.4 Å². The molecule has 0 aliphatic rings. The number of hydrogen-bond acceptors (Lipinski definition) is 4. The van der Waals surface area contributed by atoms with Crippen molar-refractivity contribution in [3.8, 4) is 0 Å². The van der Waals surface area contributed by atoms with E-state index in [0.29, 0.717) is 12.1 Å². The van der Waals surface area contributed by atoms with Gasteiger partial charge in [0, 0.05) is 13.2 Å². The number of carboxylic acids is 1. The van der Waals surface area contributed by atoms with Crippen molar-refractivity contribution in [3.63, 3.8) is 0 Å². The zero-order chi connectivity index (χ0) is 15.1. The molecule has 0 radical (unpaired) electrons. The normalized spacial score (nSPS) is 9.90. The molecule has 1 rings (SSSR count). The predicted octanol–water partition coefficient (Wildman–Crippen LogP) is -0.695. The average molecular weight is 283 g/mol. The summed E-state index contributed by atoms with van der Waals surface area (Å²) in [4.78, 5) is 33.0. The van der Waals surface area contributed by atoms with Crippen molar-refractivity contribution >= 4 is 23.6 Å². The minimum absolute atomic E-state index is 0.305. The van der Waals surface area contributed by atoms with E-state index in [1.54, 1.807) is 17.9 Å². The van der Waals surface area contributed by atoms with E-state index in [1.165, 1.54) is 0 Å². The lowest BCUT2D eigenvalue weighted by molar-refractivity contribution is -0.137. The first kappa shape index (κ1) is 15.5. The molecule has 0 spiro atoms. The number of rotatable bonds is 6. The zero-order valence-corrected chi connectivity index (χ0v) is 11.3. The monoisotopic (exact) mass is 283 g/mol. The van der Waals surface area contributed by atoms with Crippen LogP contribution >= 0.6 is 0 Å². The summed E-state index contributed by atoms with van der Waals surface area (Å²) >= 11 is 0. The molecule has 0 saturated carbocycles. The van der Waals surface area contributed by atoms with Gasteiger partial charge in [-0.05, 0) is 6.42 Å². The number of carboxylic acid groups (broad SMARTS) is 1. The van der Waals surface area contributed by atoms with Crippen LogP contribution in [-0.2, 0) is 23.1 Å². The van der Waals surface area contributed by atoms with Crippen LogP contribution in [0, 0.1) is 0 Å². The van der Waals surface area contributed by atoms with Crippen molar-refractivity contribution in [1.82, 2.24) is 20.4 Å². The quantitative estimate of drug-likeness (QED) is 0.549. The molecule has 0 atom stereocenters. The van der Waals surface area contributed by atoms with Crippen molar-refractivity contribution in [2.45, 2.75) is 13.3 Å². The Labute approximate surface area is 115 Å². The number of aryl methyl sites for hydroxylation is 2. The second-order valence-corrected chi connectivity index (χ2v) is 3.99. The molecular weight excluding hydrogens is 266 g/mol. The summed E-state index contributed by atoms with van der Waals surface area (Å²) < 4.78 is 1.58. The minimum atomic E-state index is -1.15. The lowest BCUT2D eigenvalue weighted by atomic mass is 10.3. The Morgan fingerprint density at radius 2 is 2.00 bits per heavy atom. The van der Waals surface area contributed by atoms with Crippen LogP contribution in [0.5, 0.6) is 0 Å². The van der Waals surface area contributed by atoms with Gasteiger partial charge in [-0.15, -0.1) is 0 Å². The summed E-state index contributed by atoms with van der Waals surface area (Å²) in [5, 5.41) is 19.6. The number of amides is 3. The molecule has 3 amide bonds. The van der Waals surface area contributed by atoms with Crippen LogP contribution in [0.2, 0.25) is 0 Å². The van der Waals surface area contributed by atoms with Crippen LogP contribution in [0.15, 0.2) is 6.20 Å². The van der Waals surface area contributed by atoms with Crippen LogP contribution in [-0.4, -0.2) is 45.9 Å². The first-order valence-electron chi connectivity index (χ1n) is 5.98. The van der Waals surface area contributed by atoms with E-state index in [4.69, 9.17) is 5.11 Å². The third kappa shape index (κ3) is 4.96. The highest BCUT2D eigenvalue weighted by atomic mass is 16.4. The SMILES string of the molecule is CCc1nn(C)cc1NC(=O)NCC(=O)NCC(=O)O. The molecule has 0 aliphatic carbocycles. The Balaban J connectivity index is 2.40. The summed E-state index contributed by atoms with van der Waals surface area (Å²) in [6, 6.07) is -0.557.